The Morgan fingerprint density at radius 1 is 1.47 bits per heavy atom. The number of anilines is 1. The van der Waals surface area contributed by atoms with Gasteiger partial charge in [-0.05, 0) is 37.6 Å². The van der Waals surface area contributed by atoms with Gasteiger partial charge < -0.3 is 5.32 Å². The molecule has 0 fully saturated rings. The normalized spacial score (nSPS) is 10.5. The lowest BCUT2D eigenvalue weighted by Gasteiger charge is -2.08. The minimum absolute atomic E-state index is 0.0109. The number of amides is 1. The highest BCUT2D eigenvalue weighted by Gasteiger charge is 2.07. The van der Waals surface area contributed by atoms with E-state index in [-0.39, 0.29) is 5.91 Å². The van der Waals surface area contributed by atoms with Crippen molar-refractivity contribution in [2.45, 2.75) is 18.2 Å². The molecule has 0 unspecified atom stereocenters. The van der Waals surface area contributed by atoms with Crippen molar-refractivity contribution >= 4 is 50.6 Å². The van der Waals surface area contributed by atoms with Gasteiger partial charge in [-0.15, -0.1) is 11.3 Å². The average molecular weight is 357 g/mol. The van der Waals surface area contributed by atoms with Crippen molar-refractivity contribution in [3.63, 3.8) is 0 Å². The summed E-state index contributed by atoms with van der Waals surface area (Å²) in [5, 5.41) is 4.90. The van der Waals surface area contributed by atoms with Gasteiger partial charge in [-0.3, -0.25) is 4.79 Å². The number of halogens is 1. The summed E-state index contributed by atoms with van der Waals surface area (Å²) in [5.41, 5.74) is 2.89. The van der Waals surface area contributed by atoms with Crippen LogP contribution in [-0.2, 0) is 4.79 Å². The van der Waals surface area contributed by atoms with Crippen molar-refractivity contribution in [3.05, 3.63) is 39.3 Å². The van der Waals surface area contributed by atoms with Gasteiger partial charge in [-0.1, -0.05) is 27.7 Å². The molecule has 0 bridgehead atoms. The first-order valence-electron chi connectivity index (χ1n) is 5.65. The van der Waals surface area contributed by atoms with E-state index in [1.54, 1.807) is 11.3 Å². The van der Waals surface area contributed by atoms with E-state index >= 15 is 0 Å². The number of nitrogens with zero attached hydrogens (tertiary/aromatic N) is 1. The van der Waals surface area contributed by atoms with Gasteiger partial charge >= 0.3 is 0 Å². The molecule has 100 valence electrons. The van der Waals surface area contributed by atoms with Crippen LogP contribution in [-0.4, -0.2) is 16.6 Å². The second-order valence-corrected chi connectivity index (χ2v) is 7.05. The Kier molecular flexibility index (Phi) is 5.01. The third-order valence-electron chi connectivity index (χ3n) is 2.39. The van der Waals surface area contributed by atoms with Crippen LogP contribution in [0.25, 0.3) is 0 Å². The van der Waals surface area contributed by atoms with E-state index in [1.807, 2.05) is 37.4 Å². The van der Waals surface area contributed by atoms with E-state index in [9.17, 15) is 4.79 Å². The highest BCUT2D eigenvalue weighted by atomic mass is 79.9. The SMILES string of the molecule is Cc1csc(SCC(=O)Nc2ccc(Br)cc2C)n1. The van der Waals surface area contributed by atoms with Gasteiger partial charge in [0.2, 0.25) is 5.91 Å². The molecule has 19 heavy (non-hydrogen) atoms. The minimum Gasteiger partial charge on any atom is -0.325 e. The number of aryl methyl sites for hydroxylation is 2. The Bertz CT molecular complexity index is 598. The molecule has 3 nitrogen and oxygen atoms in total. The zero-order valence-electron chi connectivity index (χ0n) is 10.6. The number of nitrogens with one attached hydrogen (secondary N) is 1. The zero-order chi connectivity index (χ0) is 13.8. The highest BCUT2D eigenvalue weighted by Crippen LogP contribution is 2.23. The standard InChI is InChI=1S/C13H13BrN2OS2/c1-8-5-10(14)3-4-11(8)16-12(17)7-19-13-15-9(2)6-18-13/h3-6H,7H2,1-2H3,(H,16,17). The monoisotopic (exact) mass is 356 g/mol. The molecule has 0 saturated heterocycles. The van der Waals surface area contributed by atoms with Crippen LogP contribution in [0.1, 0.15) is 11.3 Å². The third-order valence-corrected chi connectivity index (χ3v) is 5.02. The predicted molar refractivity (Wildman–Crippen MR) is 85.1 cm³/mol. The van der Waals surface area contributed by atoms with Crippen molar-refractivity contribution in [1.29, 1.82) is 0 Å². The molecule has 1 N–H and O–H groups in total. The quantitative estimate of drug-likeness (QED) is 0.832. The Morgan fingerprint density at radius 3 is 2.89 bits per heavy atom. The lowest BCUT2D eigenvalue weighted by Crippen LogP contribution is -2.14. The Hall–Kier alpha value is -0.850. The summed E-state index contributed by atoms with van der Waals surface area (Å²) >= 11 is 6.43. The Morgan fingerprint density at radius 2 is 2.26 bits per heavy atom. The molecule has 0 atom stereocenters. The summed E-state index contributed by atoms with van der Waals surface area (Å²) in [5.74, 6) is 0.367. The molecule has 0 radical (unpaired) electrons. The molecule has 0 aliphatic carbocycles. The van der Waals surface area contributed by atoms with E-state index in [4.69, 9.17) is 0 Å². The number of thioether (sulfide) groups is 1. The molecule has 1 aromatic carbocycles. The molecular weight excluding hydrogens is 344 g/mol. The molecule has 2 aromatic rings. The van der Waals surface area contributed by atoms with E-state index in [1.165, 1.54) is 11.8 Å². The number of benzene rings is 1. The molecule has 0 aliphatic heterocycles. The topological polar surface area (TPSA) is 42.0 Å². The van der Waals surface area contributed by atoms with Gasteiger partial charge in [0.05, 0.1) is 5.75 Å². The van der Waals surface area contributed by atoms with Gasteiger partial charge in [0.25, 0.3) is 0 Å². The Balaban J connectivity index is 1.90. The number of hydrogen-bond acceptors (Lipinski definition) is 4. The Labute approximate surface area is 129 Å². The fourth-order valence-electron chi connectivity index (χ4n) is 1.48. The van der Waals surface area contributed by atoms with Crippen molar-refractivity contribution in [2.24, 2.45) is 0 Å². The predicted octanol–water partition coefficient (Wildman–Crippen LogP) is 4.25. The van der Waals surface area contributed by atoms with Crippen molar-refractivity contribution in [1.82, 2.24) is 4.98 Å². The summed E-state index contributed by atoms with van der Waals surface area (Å²) in [4.78, 5) is 16.2. The van der Waals surface area contributed by atoms with Crippen LogP contribution in [0.3, 0.4) is 0 Å². The van der Waals surface area contributed by atoms with E-state index in [2.05, 4.69) is 26.2 Å². The zero-order valence-corrected chi connectivity index (χ0v) is 13.8. The first-order valence-corrected chi connectivity index (χ1v) is 8.31. The molecule has 1 amide bonds. The number of carbonyl (C=O) groups excluding carboxylic acids is 1. The van der Waals surface area contributed by atoms with Gasteiger partial charge in [0.1, 0.15) is 0 Å². The first kappa shape index (κ1) is 14.6. The maximum atomic E-state index is 11.9. The lowest BCUT2D eigenvalue weighted by molar-refractivity contribution is -0.113. The summed E-state index contributed by atoms with van der Waals surface area (Å²) in [7, 11) is 0. The average Bonchev–Trinajstić information content (AvgIpc) is 2.76. The van der Waals surface area contributed by atoms with Gasteiger partial charge in [0, 0.05) is 21.2 Å². The number of thiazole rings is 1. The smallest absolute Gasteiger partial charge is 0.234 e. The number of hydrogen-bond donors (Lipinski definition) is 1. The summed E-state index contributed by atoms with van der Waals surface area (Å²) in [6.45, 7) is 3.92. The summed E-state index contributed by atoms with van der Waals surface area (Å²) in [6.07, 6.45) is 0. The van der Waals surface area contributed by atoms with Crippen LogP contribution in [0, 0.1) is 13.8 Å². The van der Waals surface area contributed by atoms with E-state index in [0.717, 1.165) is 25.8 Å². The first-order chi connectivity index (χ1) is 9.04. The number of aromatic nitrogens is 1. The second-order valence-electron chi connectivity index (χ2n) is 4.05. The fraction of sp³-hybridized carbons (Fsp3) is 0.231. The van der Waals surface area contributed by atoms with Crippen molar-refractivity contribution in [2.75, 3.05) is 11.1 Å². The van der Waals surface area contributed by atoms with Crippen LogP contribution in [0.4, 0.5) is 5.69 Å². The van der Waals surface area contributed by atoms with Crippen LogP contribution in [0.2, 0.25) is 0 Å². The second kappa shape index (κ2) is 6.54. The van der Waals surface area contributed by atoms with E-state index < -0.39 is 0 Å². The molecular formula is C13H13BrN2OS2. The highest BCUT2D eigenvalue weighted by molar-refractivity contribution is 9.10. The number of carbonyl (C=O) groups is 1. The van der Waals surface area contributed by atoms with E-state index in [0.29, 0.717) is 5.75 Å². The van der Waals surface area contributed by atoms with Crippen LogP contribution >= 0.6 is 39.0 Å². The van der Waals surface area contributed by atoms with Crippen LogP contribution < -0.4 is 5.32 Å². The number of rotatable bonds is 4. The van der Waals surface area contributed by atoms with Crippen molar-refractivity contribution < 1.29 is 4.79 Å². The third kappa shape index (κ3) is 4.33. The fourth-order valence-corrected chi connectivity index (χ4v) is 3.60. The molecule has 0 aliphatic rings. The summed E-state index contributed by atoms with van der Waals surface area (Å²) in [6, 6.07) is 5.79. The minimum atomic E-state index is -0.0109. The van der Waals surface area contributed by atoms with Crippen LogP contribution in [0.15, 0.2) is 32.4 Å². The maximum Gasteiger partial charge on any atom is 0.234 e. The molecule has 6 heteroatoms. The lowest BCUT2D eigenvalue weighted by atomic mass is 10.2. The maximum absolute atomic E-state index is 11.9. The van der Waals surface area contributed by atoms with Gasteiger partial charge in [0.15, 0.2) is 4.34 Å². The molecule has 0 saturated carbocycles. The summed E-state index contributed by atoms with van der Waals surface area (Å²) < 4.78 is 1.94. The molecule has 1 aromatic heterocycles. The van der Waals surface area contributed by atoms with Crippen molar-refractivity contribution in [3.8, 4) is 0 Å². The van der Waals surface area contributed by atoms with Gasteiger partial charge in [-0.2, -0.15) is 0 Å². The van der Waals surface area contributed by atoms with Crippen LogP contribution in [0.5, 0.6) is 0 Å². The molecule has 0 spiro atoms. The largest absolute Gasteiger partial charge is 0.325 e. The molecule has 2 rings (SSSR count). The molecule has 1 heterocycles. The van der Waals surface area contributed by atoms with Gasteiger partial charge in [-0.25, -0.2) is 4.98 Å².